The van der Waals surface area contributed by atoms with Gasteiger partial charge in [-0.2, -0.15) is 4.98 Å². The van der Waals surface area contributed by atoms with Crippen molar-refractivity contribution in [2.75, 3.05) is 39.3 Å². The lowest BCUT2D eigenvalue weighted by atomic mass is 10.0. The summed E-state index contributed by atoms with van der Waals surface area (Å²) >= 11 is 0. The first-order valence-corrected chi connectivity index (χ1v) is 10.0. The zero-order chi connectivity index (χ0) is 18.7. The normalized spacial score (nSPS) is 24.2. The highest BCUT2D eigenvalue weighted by atomic mass is 16.5. The van der Waals surface area contributed by atoms with Crippen molar-refractivity contribution in [1.29, 1.82) is 0 Å². The van der Waals surface area contributed by atoms with Crippen molar-refractivity contribution in [2.45, 2.75) is 65.0 Å². The van der Waals surface area contributed by atoms with Crippen LogP contribution < -0.4 is 0 Å². The molecule has 2 saturated heterocycles. The molecule has 7 nitrogen and oxygen atoms in total. The molecule has 2 aliphatic rings. The van der Waals surface area contributed by atoms with Gasteiger partial charge >= 0.3 is 0 Å². The van der Waals surface area contributed by atoms with Crippen LogP contribution in [0.15, 0.2) is 4.52 Å². The minimum atomic E-state index is 0.120. The van der Waals surface area contributed by atoms with E-state index >= 15 is 0 Å². The average Bonchev–Trinajstić information content (AvgIpc) is 3.12. The van der Waals surface area contributed by atoms with E-state index in [0.29, 0.717) is 18.5 Å². The molecule has 0 bridgehead atoms. The lowest BCUT2D eigenvalue weighted by Crippen LogP contribution is -2.52. The molecule has 1 amide bonds. The second-order valence-electron chi connectivity index (χ2n) is 8.07. The van der Waals surface area contributed by atoms with Crippen molar-refractivity contribution < 1.29 is 9.32 Å². The summed E-state index contributed by atoms with van der Waals surface area (Å²) in [7, 11) is 0. The summed E-state index contributed by atoms with van der Waals surface area (Å²) in [6.45, 7) is 13.5. The first-order chi connectivity index (χ1) is 12.5. The van der Waals surface area contributed by atoms with Gasteiger partial charge in [0.1, 0.15) is 0 Å². The van der Waals surface area contributed by atoms with Crippen molar-refractivity contribution in [3.05, 3.63) is 11.7 Å². The van der Waals surface area contributed by atoms with Gasteiger partial charge in [0.25, 0.3) is 0 Å². The van der Waals surface area contributed by atoms with Gasteiger partial charge in [-0.3, -0.25) is 14.6 Å². The second-order valence-corrected chi connectivity index (χ2v) is 8.07. The summed E-state index contributed by atoms with van der Waals surface area (Å²) in [6, 6.07) is 0.514. The smallest absolute Gasteiger partial charge is 0.243 e. The van der Waals surface area contributed by atoms with Gasteiger partial charge in [-0.25, -0.2) is 0 Å². The third kappa shape index (κ3) is 4.43. The summed E-state index contributed by atoms with van der Waals surface area (Å²) in [5.74, 6) is 2.03. The van der Waals surface area contributed by atoms with E-state index in [1.165, 1.54) is 6.42 Å². The first kappa shape index (κ1) is 19.3. The van der Waals surface area contributed by atoms with E-state index in [-0.39, 0.29) is 17.9 Å². The maximum atomic E-state index is 12.6. The molecule has 3 heterocycles. The Kier molecular flexibility index (Phi) is 6.29. The summed E-state index contributed by atoms with van der Waals surface area (Å²) in [5.41, 5.74) is 0. The fourth-order valence-electron chi connectivity index (χ4n) is 3.87. The standard InChI is InChI=1S/C19H33N5O2/c1-14(2)18-20-19(26-21-18)16(4)23-11-9-22(10-12-23)13-17(25)24-8-6-5-7-15(24)3/h14-16H,5-13H2,1-4H3. The monoisotopic (exact) mass is 363 g/mol. The molecule has 2 aliphatic heterocycles. The fourth-order valence-corrected chi connectivity index (χ4v) is 3.87. The van der Waals surface area contributed by atoms with Crippen LogP contribution in [0.25, 0.3) is 0 Å². The summed E-state index contributed by atoms with van der Waals surface area (Å²) < 4.78 is 5.45. The van der Waals surface area contributed by atoms with E-state index < -0.39 is 0 Å². The number of piperidine rings is 1. The second kappa shape index (κ2) is 8.48. The number of rotatable bonds is 5. The van der Waals surface area contributed by atoms with E-state index in [1.54, 1.807) is 0 Å². The minimum absolute atomic E-state index is 0.120. The van der Waals surface area contributed by atoms with Crippen LogP contribution in [-0.4, -0.2) is 76.1 Å². The van der Waals surface area contributed by atoms with Crippen molar-refractivity contribution in [2.24, 2.45) is 0 Å². The van der Waals surface area contributed by atoms with Gasteiger partial charge in [-0.15, -0.1) is 0 Å². The van der Waals surface area contributed by atoms with Crippen molar-refractivity contribution in [3.8, 4) is 0 Å². The molecule has 7 heteroatoms. The van der Waals surface area contributed by atoms with Crippen molar-refractivity contribution in [3.63, 3.8) is 0 Å². The van der Waals surface area contributed by atoms with Gasteiger partial charge in [0.05, 0.1) is 12.6 Å². The molecule has 2 unspecified atom stereocenters. The van der Waals surface area contributed by atoms with Crippen LogP contribution in [0.4, 0.5) is 0 Å². The molecule has 1 aromatic heterocycles. The predicted octanol–water partition coefficient (Wildman–Crippen LogP) is 2.27. The van der Waals surface area contributed by atoms with Gasteiger partial charge < -0.3 is 9.42 Å². The van der Waals surface area contributed by atoms with Crippen LogP contribution >= 0.6 is 0 Å². The lowest BCUT2D eigenvalue weighted by molar-refractivity contribution is -0.136. The summed E-state index contributed by atoms with van der Waals surface area (Å²) in [5, 5.41) is 4.07. The molecule has 146 valence electrons. The minimum Gasteiger partial charge on any atom is -0.339 e. The Bertz CT molecular complexity index is 595. The number of aromatic nitrogens is 2. The van der Waals surface area contributed by atoms with E-state index in [9.17, 15) is 4.79 Å². The molecule has 1 aromatic rings. The molecule has 2 fully saturated rings. The topological polar surface area (TPSA) is 65.7 Å². The maximum absolute atomic E-state index is 12.6. The van der Waals surface area contributed by atoms with Crippen molar-refractivity contribution >= 4 is 5.91 Å². The Labute approximate surface area is 156 Å². The molecule has 26 heavy (non-hydrogen) atoms. The average molecular weight is 364 g/mol. The fraction of sp³-hybridized carbons (Fsp3) is 0.842. The Morgan fingerprint density at radius 1 is 1.15 bits per heavy atom. The van der Waals surface area contributed by atoms with Crippen molar-refractivity contribution in [1.82, 2.24) is 24.8 Å². The number of carbonyl (C=O) groups excluding carboxylic acids is 1. The van der Waals surface area contributed by atoms with Crippen LogP contribution in [0.3, 0.4) is 0 Å². The zero-order valence-corrected chi connectivity index (χ0v) is 16.6. The number of likely N-dealkylation sites (tertiary alicyclic amines) is 1. The Hall–Kier alpha value is -1.47. The molecular formula is C19H33N5O2. The van der Waals surface area contributed by atoms with Crippen LogP contribution in [-0.2, 0) is 4.79 Å². The Morgan fingerprint density at radius 3 is 2.50 bits per heavy atom. The third-order valence-electron chi connectivity index (χ3n) is 5.77. The number of carbonyl (C=O) groups is 1. The molecular weight excluding hydrogens is 330 g/mol. The van der Waals surface area contributed by atoms with E-state index in [2.05, 4.69) is 52.5 Å². The van der Waals surface area contributed by atoms with E-state index in [0.717, 1.165) is 51.4 Å². The third-order valence-corrected chi connectivity index (χ3v) is 5.77. The number of nitrogens with zero attached hydrogens (tertiary/aromatic N) is 5. The summed E-state index contributed by atoms with van der Waals surface area (Å²) in [4.78, 5) is 23.9. The van der Waals surface area contributed by atoms with Crippen LogP contribution in [0.2, 0.25) is 0 Å². The van der Waals surface area contributed by atoms with Gasteiger partial charge in [0.2, 0.25) is 11.8 Å². The molecule has 0 radical (unpaired) electrons. The van der Waals surface area contributed by atoms with Gasteiger partial charge in [-0.05, 0) is 33.1 Å². The Balaban J connectivity index is 1.48. The van der Waals surface area contributed by atoms with Crippen LogP contribution in [0.5, 0.6) is 0 Å². The van der Waals surface area contributed by atoms with Crippen LogP contribution in [0.1, 0.15) is 70.6 Å². The van der Waals surface area contributed by atoms with Gasteiger partial charge in [0, 0.05) is 44.7 Å². The Morgan fingerprint density at radius 2 is 1.88 bits per heavy atom. The molecule has 0 aromatic carbocycles. The predicted molar refractivity (Wildman–Crippen MR) is 99.8 cm³/mol. The quantitative estimate of drug-likeness (QED) is 0.800. The molecule has 0 spiro atoms. The largest absolute Gasteiger partial charge is 0.339 e. The molecule has 2 atom stereocenters. The number of hydrogen-bond donors (Lipinski definition) is 0. The highest BCUT2D eigenvalue weighted by molar-refractivity contribution is 5.78. The number of amides is 1. The van der Waals surface area contributed by atoms with Crippen LogP contribution in [0, 0.1) is 0 Å². The van der Waals surface area contributed by atoms with E-state index in [1.807, 2.05) is 0 Å². The van der Waals surface area contributed by atoms with Gasteiger partial charge in [0.15, 0.2) is 5.82 Å². The van der Waals surface area contributed by atoms with Gasteiger partial charge in [-0.1, -0.05) is 19.0 Å². The molecule has 0 N–H and O–H groups in total. The zero-order valence-electron chi connectivity index (χ0n) is 16.6. The molecule has 0 saturated carbocycles. The molecule has 3 rings (SSSR count). The lowest BCUT2D eigenvalue weighted by Gasteiger charge is -2.39. The highest BCUT2D eigenvalue weighted by Crippen LogP contribution is 2.22. The highest BCUT2D eigenvalue weighted by Gasteiger charge is 2.29. The number of piperazine rings is 1. The number of hydrogen-bond acceptors (Lipinski definition) is 6. The SMILES string of the molecule is CC(C)c1noc(C(C)N2CCN(CC(=O)N3CCCCC3C)CC2)n1. The van der Waals surface area contributed by atoms with E-state index in [4.69, 9.17) is 4.52 Å². The molecule has 0 aliphatic carbocycles. The maximum Gasteiger partial charge on any atom is 0.243 e. The first-order valence-electron chi connectivity index (χ1n) is 10.0. The summed E-state index contributed by atoms with van der Waals surface area (Å²) in [6.07, 6.45) is 3.53.